The molecule has 170 valence electrons. The van der Waals surface area contributed by atoms with Crippen LogP contribution in [0.25, 0.3) is 0 Å². The quantitative estimate of drug-likeness (QED) is 0.266. The molecule has 0 saturated heterocycles. The summed E-state index contributed by atoms with van der Waals surface area (Å²) in [6.07, 6.45) is 0.651. The maximum absolute atomic E-state index is 12.8. The van der Waals surface area contributed by atoms with Gasteiger partial charge in [-0.15, -0.1) is 5.06 Å². The lowest BCUT2D eigenvalue weighted by Crippen LogP contribution is -3.00. The molecule has 4 aromatic rings. The molecule has 2 amide bonds. The van der Waals surface area contributed by atoms with E-state index in [2.05, 4.69) is 72.8 Å². The van der Waals surface area contributed by atoms with Crippen molar-refractivity contribution in [2.24, 2.45) is 0 Å². The fourth-order valence-electron chi connectivity index (χ4n) is 4.44. The van der Waals surface area contributed by atoms with Gasteiger partial charge in [0, 0.05) is 0 Å². The predicted molar refractivity (Wildman–Crippen MR) is 133 cm³/mol. The molecule has 0 aromatic heterocycles. The van der Waals surface area contributed by atoms with Gasteiger partial charge in [-0.25, -0.2) is 0 Å². The summed E-state index contributed by atoms with van der Waals surface area (Å²) in [7, 11) is -2.10. The summed E-state index contributed by atoms with van der Waals surface area (Å²) in [6.45, 7) is 0.234. The van der Waals surface area contributed by atoms with Gasteiger partial charge in [0.2, 0.25) is 0 Å². The van der Waals surface area contributed by atoms with Gasteiger partial charge < -0.3 is 17.0 Å². The van der Waals surface area contributed by atoms with Crippen molar-refractivity contribution in [1.29, 1.82) is 0 Å². The van der Waals surface area contributed by atoms with Crippen molar-refractivity contribution in [1.82, 2.24) is 5.06 Å². The van der Waals surface area contributed by atoms with Gasteiger partial charge in [-0.05, 0) is 48.5 Å². The Labute approximate surface area is 210 Å². The normalized spacial score (nSPS) is 12.9. The number of nitrogens with zero attached hydrogens (tertiary/aromatic N) is 1. The summed E-state index contributed by atoms with van der Waals surface area (Å²) in [4.78, 5) is 31.4. The maximum atomic E-state index is 12.8. The second kappa shape index (κ2) is 10.4. The van der Waals surface area contributed by atoms with Gasteiger partial charge in [0.1, 0.15) is 29.8 Å². The lowest BCUT2D eigenvalue weighted by Gasteiger charge is -2.28. The molecule has 1 aliphatic heterocycles. The van der Waals surface area contributed by atoms with Crippen LogP contribution < -0.4 is 32.9 Å². The monoisotopic (exact) mass is 531 g/mol. The molecule has 4 aromatic carbocycles. The van der Waals surface area contributed by atoms with Crippen LogP contribution in [0.3, 0.4) is 0 Å². The van der Waals surface area contributed by atoms with Crippen molar-refractivity contribution in [2.45, 2.75) is 0 Å². The molecule has 0 saturated carbocycles. The summed E-state index contributed by atoms with van der Waals surface area (Å²) in [5, 5.41) is 4.61. The smallest absolute Gasteiger partial charge is 0.285 e. The van der Waals surface area contributed by atoms with E-state index in [0.717, 1.165) is 5.06 Å². The topological polar surface area (TPSA) is 46.6 Å². The Balaban J connectivity index is 0.00000274. The van der Waals surface area contributed by atoms with Crippen molar-refractivity contribution in [2.75, 3.05) is 12.8 Å². The summed E-state index contributed by atoms with van der Waals surface area (Å²) >= 11 is 0. The van der Waals surface area contributed by atoms with Crippen LogP contribution in [-0.2, 0) is 4.84 Å². The van der Waals surface area contributed by atoms with Gasteiger partial charge >= 0.3 is 0 Å². The van der Waals surface area contributed by atoms with Gasteiger partial charge in [-0.2, -0.15) is 0 Å². The zero-order chi connectivity index (χ0) is 22.7. The number of hydrogen-bond acceptors (Lipinski definition) is 3. The van der Waals surface area contributed by atoms with Gasteiger partial charge in [-0.1, -0.05) is 66.7 Å². The average molecular weight is 532 g/mol. The number of benzene rings is 4. The fraction of sp³-hybridized carbons (Fsp3) is 0.0714. The van der Waals surface area contributed by atoms with Crippen LogP contribution in [0.5, 0.6) is 0 Å². The third kappa shape index (κ3) is 4.23. The summed E-state index contributed by atoms with van der Waals surface area (Å²) in [5.41, 5.74) is 0.774. The van der Waals surface area contributed by atoms with E-state index in [1.54, 1.807) is 24.3 Å². The fourth-order valence-corrected chi connectivity index (χ4v) is 8.50. The molecule has 0 spiro atoms. The molecule has 5 rings (SSSR count). The average Bonchev–Trinajstić information content (AvgIpc) is 3.13. The summed E-state index contributed by atoms with van der Waals surface area (Å²) in [6, 6.07) is 38.2. The standard InChI is InChI=1S/C28H23NO3P.BrH/c30-27-25-18-10-11-19-26(25)28(31)29(27)32-20-21-33(22-12-4-1-5-13-22,23-14-6-2-7-15-23)24-16-8-3-9-17-24;/h1-19H,20-21H2;1H/q+1;/p-1. The molecule has 0 N–H and O–H groups in total. The van der Waals surface area contributed by atoms with Crippen LogP contribution in [0.15, 0.2) is 115 Å². The van der Waals surface area contributed by atoms with E-state index in [0.29, 0.717) is 17.3 Å². The number of carbonyl (C=O) groups is 2. The van der Waals surface area contributed by atoms with Crippen LogP contribution in [0.4, 0.5) is 0 Å². The molecular formula is C28H23BrNO3P. The van der Waals surface area contributed by atoms with Crippen molar-refractivity contribution >= 4 is 35.0 Å². The minimum atomic E-state index is -2.10. The Morgan fingerprint density at radius 2 is 0.912 bits per heavy atom. The van der Waals surface area contributed by atoms with Crippen molar-refractivity contribution in [3.05, 3.63) is 126 Å². The lowest BCUT2D eigenvalue weighted by atomic mass is 10.1. The highest BCUT2D eigenvalue weighted by Gasteiger charge is 2.46. The Kier molecular flexibility index (Phi) is 7.38. The second-order valence-corrected chi connectivity index (χ2v) is 11.4. The highest BCUT2D eigenvalue weighted by atomic mass is 79.9. The van der Waals surface area contributed by atoms with Gasteiger partial charge in [0.05, 0.1) is 17.3 Å². The molecule has 0 atom stereocenters. The number of hydrogen-bond donors (Lipinski definition) is 0. The van der Waals surface area contributed by atoms with Crippen molar-refractivity contribution in [3.8, 4) is 0 Å². The molecule has 1 aliphatic rings. The Morgan fingerprint density at radius 1 is 0.559 bits per heavy atom. The van der Waals surface area contributed by atoms with E-state index in [4.69, 9.17) is 4.84 Å². The van der Waals surface area contributed by atoms with E-state index in [9.17, 15) is 9.59 Å². The number of fused-ring (bicyclic) bond motifs is 1. The first-order chi connectivity index (χ1) is 16.2. The molecule has 0 aliphatic carbocycles. The number of halogens is 1. The van der Waals surface area contributed by atoms with Crippen LogP contribution in [0.2, 0.25) is 0 Å². The van der Waals surface area contributed by atoms with E-state index in [-0.39, 0.29) is 23.6 Å². The number of rotatable bonds is 7. The third-order valence-corrected chi connectivity index (χ3v) is 10.4. The molecule has 1 heterocycles. The van der Waals surface area contributed by atoms with E-state index >= 15 is 0 Å². The molecule has 0 fully saturated rings. The van der Waals surface area contributed by atoms with Crippen LogP contribution in [0, 0.1) is 0 Å². The molecule has 6 heteroatoms. The van der Waals surface area contributed by atoms with Crippen LogP contribution in [0.1, 0.15) is 20.7 Å². The molecule has 0 unspecified atom stereocenters. The Morgan fingerprint density at radius 3 is 1.29 bits per heavy atom. The molecular weight excluding hydrogens is 509 g/mol. The number of amides is 2. The zero-order valence-electron chi connectivity index (χ0n) is 18.4. The van der Waals surface area contributed by atoms with Crippen LogP contribution >= 0.6 is 7.26 Å². The summed E-state index contributed by atoms with van der Waals surface area (Å²) in [5.74, 6) is -0.808. The largest absolute Gasteiger partial charge is 1.00 e. The maximum Gasteiger partial charge on any atom is 0.285 e. The first kappa shape index (κ1) is 24.0. The van der Waals surface area contributed by atoms with Gasteiger partial charge in [0.15, 0.2) is 0 Å². The minimum absolute atomic E-state index is 0. The van der Waals surface area contributed by atoms with Gasteiger partial charge in [0.25, 0.3) is 11.8 Å². The van der Waals surface area contributed by atoms with Crippen molar-refractivity contribution < 1.29 is 31.4 Å². The Bertz CT molecular complexity index is 1150. The van der Waals surface area contributed by atoms with E-state index in [1.165, 1.54) is 15.9 Å². The van der Waals surface area contributed by atoms with Crippen LogP contribution in [-0.4, -0.2) is 29.6 Å². The number of carbonyl (C=O) groups excluding carboxylic acids is 2. The number of hydroxylamine groups is 2. The second-order valence-electron chi connectivity index (χ2n) is 7.82. The highest BCUT2D eigenvalue weighted by Crippen LogP contribution is 2.55. The zero-order valence-corrected chi connectivity index (χ0v) is 20.9. The minimum Gasteiger partial charge on any atom is -1.00 e. The molecule has 34 heavy (non-hydrogen) atoms. The molecule has 4 nitrogen and oxygen atoms in total. The molecule has 0 bridgehead atoms. The molecule has 0 radical (unpaired) electrons. The first-order valence-corrected chi connectivity index (χ1v) is 12.8. The SMILES string of the molecule is O=C1c2ccccc2C(=O)N1OCC[P+](c1ccccc1)(c1ccccc1)c1ccccc1.[Br-]. The van der Waals surface area contributed by atoms with Crippen molar-refractivity contribution in [3.63, 3.8) is 0 Å². The Hall–Kier alpha value is -3.11. The third-order valence-electron chi connectivity index (χ3n) is 5.99. The van der Waals surface area contributed by atoms with E-state index in [1.807, 2.05) is 18.2 Å². The first-order valence-electron chi connectivity index (χ1n) is 10.9. The lowest BCUT2D eigenvalue weighted by molar-refractivity contribution is -0.0855. The highest BCUT2D eigenvalue weighted by molar-refractivity contribution is 7.95. The van der Waals surface area contributed by atoms with Gasteiger partial charge in [-0.3, -0.25) is 14.4 Å². The summed E-state index contributed by atoms with van der Waals surface area (Å²) < 4.78 is 0. The van der Waals surface area contributed by atoms with E-state index < -0.39 is 19.1 Å². The predicted octanol–water partition coefficient (Wildman–Crippen LogP) is 1.21. The number of imide groups is 1.